The van der Waals surface area contributed by atoms with Crippen molar-refractivity contribution in [1.82, 2.24) is 4.90 Å². The first-order valence-electron chi connectivity index (χ1n) is 7.64. The van der Waals surface area contributed by atoms with Gasteiger partial charge in [-0.1, -0.05) is 12.8 Å². The molecule has 0 radical (unpaired) electrons. The second-order valence-electron chi connectivity index (χ2n) is 5.76. The summed E-state index contributed by atoms with van der Waals surface area (Å²) < 4.78 is 10.8. The fourth-order valence-electron chi connectivity index (χ4n) is 3.00. The molecule has 3 rings (SSSR count). The van der Waals surface area contributed by atoms with E-state index in [4.69, 9.17) is 8.83 Å². The molecule has 0 unspecified atom stereocenters. The number of carbonyl (C=O) groups is 1. The van der Waals surface area contributed by atoms with Crippen LogP contribution < -0.4 is 0 Å². The molecule has 112 valence electrons. The van der Waals surface area contributed by atoms with E-state index < -0.39 is 0 Å². The summed E-state index contributed by atoms with van der Waals surface area (Å²) in [6.07, 6.45) is 8.80. The molecule has 1 fully saturated rings. The third-order valence-electron chi connectivity index (χ3n) is 4.14. The lowest BCUT2D eigenvalue weighted by Crippen LogP contribution is -2.31. The minimum atomic E-state index is 0.190. The van der Waals surface area contributed by atoms with Gasteiger partial charge in [0.1, 0.15) is 11.5 Å². The molecule has 2 aromatic rings. The molecule has 0 spiro atoms. The molecule has 1 amide bonds. The molecular formula is C17H21NO3. The summed E-state index contributed by atoms with van der Waals surface area (Å²) in [5.41, 5.74) is 0. The van der Waals surface area contributed by atoms with Crippen molar-refractivity contribution in [3.63, 3.8) is 0 Å². The Bertz CT molecular complexity index is 502. The molecule has 0 N–H and O–H groups in total. The van der Waals surface area contributed by atoms with Crippen LogP contribution in [0.4, 0.5) is 0 Å². The number of furan rings is 2. The summed E-state index contributed by atoms with van der Waals surface area (Å²) in [4.78, 5) is 14.4. The number of rotatable bonds is 6. The van der Waals surface area contributed by atoms with Crippen molar-refractivity contribution < 1.29 is 13.6 Å². The number of carbonyl (C=O) groups excluding carboxylic acids is 1. The van der Waals surface area contributed by atoms with E-state index in [1.165, 1.54) is 25.7 Å². The minimum Gasteiger partial charge on any atom is -0.467 e. The van der Waals surface area contributed by atoms with Gasteiger partial charge < -0.3 is 13.7 Å². The van der Waals surface area contributed by atoms with Gasteiger partial charge in [-0.3, -0.25) is 4.79 Å². The van der Waals surface area contributed by atoms with E-state index in [1.54, 1.807) is 12.5 Å². The van der Waals surface area contributed by atoms with E-state index >= 15 is 0 Å². The summed E-state index contributed by atoms with van der Waals surface area (Å²) in [5.74, 6) is 2.35. The van der Waals surface area contributed by atoms with Crippen LogP contribution in [0, 0.1) is 5.92 Å². The molecule has 0 aliphatic heterocycles. The summed E-state index contributed by atoms with van der Waals surface area (Å²) in [7, 11) is 0. The van der Waals surface area contributed by atoms with Gasteiger partial charge in [0.15, 0.2) is 0 Å². The molecule has 0 bridgehead atoms. The Morgan fingerprint density at radius 2 is 1.62 bits per heavy atom. The Kier molecular flexibility index (Phi) is 4.43. The lowest BCUT2D eigenvalue weighted by molar-refractivity contribution is -0.134. The molecule has 1 aliphatic rings. The van der Waals surface area contributed by atoms with Crippen LogP contribution in [0.1, 0.15) is 43.6 Å². The van der Waals surface area contributed by atoms with Gasteiger partial charge in [-0.05, 0) is 43.0 Å². The lowest BCUT2D eigenvalue weighted by atomic mass is 10.0. The SMILES string of the molecule is O=C(CC1CCCC1)N(Cc1ccco1)Cc1ccco1. The van der Waals surface area contributed by atoms with Crippen molar-refractivity contribution in [2.24, 2.45) is 5.92 Å². The Morgan fingerprint density at radius 1 is 1.05 bits per heavy atom. The maximum Gasteiger partial charge on any atom is 0.223 e. The summed E-state index contributed by atoms with van der Waals surface area (Å²) >= 11 is 0. The molecule has 21 heavy (non-hydrogen) atoms. The second-order valence-corrected chi connectivity index (χ2v) is 5.76. The zero-order valence-electron chi connectivity index (χ0n) is 12.2. The van der Waals surface area contributed by atoms with Crippen LogP contribution in [0.15, 0.2) is 45.6 Å². The van der Waals surface area contributed by atoms with Crippen molar-refractivity contribution in [3.8, 4) is 0 Å². The van der Waals surface area contributed by atoms with Gasteiger partial charge in [-0.25, -0.2) is 0 Å². The lowest BCUT2D eigenvalue weighted by Gasteiger charge is -2.22. The molecular weight excluding hydrogens is 266 g/mol. The van der Waals surface area contributed by atoms with Crippen molar-refractivity contribution in [2.75, 3.05) is 0 Å². The summed E-state index contributed by atoms with van der Waals surface area (Å²) in [5, 5.41) is 0. The number of amides is 1. The topological polar surface area (TPSA) is 46.6 Å². The Hall–Kier alpha value is -1.97. The second kappa shape index (κ2) is 6.66. The monoisotopic (exact) mass is 287 g/mol. The first-order valence-corrected chi connectivity index (χ1v) is 7.64. The van der Waals surface area contributed by atoms with Crippen molar-refractivity contribution in [2.45, 2.75) is 45.2 Å². The van der Waals surface area contributed by atoms with Crippen LogP contribution in [-0.2, 0) is 17.9 Å². The van der Waals surface area contributed by atoms with E-state index in [1.807, 2.05) is 29.2 Å². The molecule has 2 heterocycles. The zero-order chi connectivity index (χ0) is 14.5. The molecule has 0 atom stereocenters. The van der Waals surface area contributed by atoms with Crippen molar-refractivity contribution in [1.29, 1.82) is 0 Å². The average molecular weight is 287 g/mol. The Morgan fingerprint density at radius 3 is 2.10 bits per heavy atom. The zero-order valence-corrected chi connectivity index (χ0v) is 12.2. The Balaban J connectivity index is 1.66. The fraction of sp³-hybridized carbons (Fsp3) is 0.471. The molecule has 0 aromatic carbocycles. The fourth-order valence-corrected chi connectivity index (χ4v) is 3.00. The summed E-state index contributed by atoms with van der Waals surface area (Å²) in [6, 6.07) is 7.50. The van der Waals surface area contributed by atoms with E-state index in [0.717, 1.165) is 11.5 Å². The quantitative estimate of drug-likeness (QED) is 0.807. The van der Waals surface area contributed by atoms with Gasteiger partial charge in [0.25, 0.3) is 0 Å². The molecule has 1 aliphatic carbocycles. The maximum absolute atomic E-state index is 12.6. The largest absolute Gasteiger partial charge is 0.467 e. The predicted molar refractivity (Wildman–Crippen MR) is 78.2 cm³/mol. The minimum absolute atomic E-state index is 0.190. The van der Waals surface area contributed by atoms with E-state index in [2.05, 4.69) is 0 Å². The van der Waals surface area contributed by atoms with Gasteiger partial charge >= 0.3 is 0 Å². The van der Waals surface area contributed by atoms with Crippen molar-refractivity contribution >= 4 is 5.91 Å². The molecule has 2 aromatic heterocycles. The van der Waals surface area contributed by atoms with Gasteiger partial charge in [0.05, 0.1) is 25.6 Å². The molecule has 4 heteroatoms. The van der Waals surface area contributed by atoms with Crippen LogP contribution in [-0.4, -0.2) is 10.8 Å². The highest BCUT2D eigenvalue weighted by atomic mass is 16.3. The molecule has 4 nitrogen and oxygen atoms in total. The van der Waals surface area contributed by atoms with Gasteiger partial charge in [0, 0.05) is 6.42 Å². The normalized spacial score (nSPS) is 15.4. The third-order valence-corrected chi connectivity index (χ3v) is 4.14. The number of nitrogens with zero attached hydrogens (tertiary/aromatic N) is 1. The average Bonchev–Trinajstić information content (AvgIpc) is 3.21. The highest BCUT2D eigenvalue weighted by Crippen LogP contribution is 2.28. The van der Waals surface area contributed by atoms with E-state index in [0.29, 0.717) is 25.4 Å². The highest BCUT2D eigenvalue weighted by Gasteiger charge is 2.23. The number of hydrogen-bond donors (Lipinski definition) is 0. The van der Waals surface area contributed by atoms with Crippen LogP contribution in [0.5, 0.6) is 0 Å². The van der Waals surface area contributed by atoms with Crippen LogP contribution in [0.25, 0.3) is 0 Å². The highest BCUT2D eigenvalue weighted by molar-refractivity contribution is 5.76. The first kappa shape index (κ1) is 14.0. The predicted octanol–water partition coefficient (Wildman–Crippen LogP) is 3.98. The standard InChI is InChI=1S/C17H21NO3/c19-17(11-14-5-1-2-6-14)18(12-15-7-3-9-20-15)13-16-8-4-10-21-16/h3-4,7-10,14H,1-2,5-6,11-13H2. The van der Waals surface area contributed by atoms with Crippen LogP contribution in [0.3, 0.4) is 0 Å². The maximum atomic E-state index is 12.6. The molecule has 0 saturated heterocycles. The van der Waals surface area contributed by atoms with Gasteiger partial charge in [0.2, 0.25) is 5.91 Å². The first-order chi connectivity index (χ1) is 10.3. The summed E-state index contributed by atoms with van der Waals surface area (Å²) in [6.45, 7) is 0.999. The van der Waals surface area contributed by atoms with Crippen LogP contribution >= 0.6 is 0 Å². The van der Waals surface area contributed by atoms with E-state index in [9.17, 15) is 4.79 Å². The molecule has 1 saturated carbocycles. The smallest absolute Gasteiger partial charge is 0.223 e. The Labute approximate surface area is 124 Å². The van der Waals surface area contributed by atoms with Gasteiger partial charge in [-0.2, -0.15) is 0 Å². The van der Waals surface area contributed by atoms with E-state index in [-0.39, 0.29) is 5.91 Å². The number of hydrogen-bond acceptors (Lipinski definition) is 3. The van der Waals surface area contributed by atoms with Gasteiger partial charge in [-0.15, -0.1) is 0 Å². The van der Waals surface area contributed by atoms with Crippen molar-refractivity contribution in [3.05, 3.63) is 48.3 Å². The third kappa shape index (κ3) is 3.78. The van der Waals surface area contributed by atoms with Crippen LogP contribution in [0.2, 0.25) is 0 Å².